The monoisotopic (exact) mass is 330 g/mol. The van der Waals surface area contributed by atoms with Crippen molar-refractivity contribution in [3.05, 3.63) is 23.5 Å². The van der Waals surface area contributed by atoms with E-state index in [-0.39, 0.29) is 24.0 Å². The molecule has 1 saturated heterocycles. The second-order valence-electron chi connectivity index (χ2n) is 7.10. The highest BCUT2D eigenvalue weighted by molar-refractivity contribution is 6.05. The largest absolute Gasteiger partial charge is 0.375 e. The van der Waals surface area contributed by atoms with Gasteiger partial charge in [0.1, 0.15) is 0 Å². The Balaban J connectivity index is 2.10. The van der Waals surface area contributed by atoms with Crippen LogP contribution in [-0.4, -0.2) is 51.4 Å². The average molecular weight is 330 g/mol. The number of rotatable bonds is 3. The van der Waals surface area contributed by atoms with Gasteiger partial charge in [0, 0.05) is 24.8 Å². The van der Waals surface area contributed by atoms with Crippen LogP contribution in [0.3, 0.4) is 0 Å². The molecule has 0 radical (unpaired) electrons. The predicted octanol–water partition coefficient (Wildman–Crippen LogP) is 3.00. The van der Waals surface area contributed by atoms with E-state index in [2.05, 4.69) is 32.8 Å². The number of carbonyl (C=O) groups excluding carboxylic acids is 1. The lowest BCUT2D eigenvalue weighted by Crippen LogP contribution is -2.44. The van der Waals surface area contributed by atoms with Crippen LogP contribution in [0.1, 0.15) is 62.6 Å². The van der Waals surface area contributed by atoms with Crippen molar-refractivity contribution in [2.75, 3.05) is 19.7 Å². The smallest absolute Gasteiger partial charge is 0.254 e. The summed E-state index contributed by atoms with van der Waals surface area (Å²) in [5.41, 5.74) is 2.42. The Kier molecular flexibility index (Phi) is 4.58. The zero-order valence-electron chi connectivity index (χ0n) is 15.1. The zero-order valence-corrected chi connectivity index (χ0v) is 15.1. The summed E-state index contributed by atoms with van der Waals surface area (Å²) >= 11 is 0. The number of carbonyl (C=O) groups is 1. The summed E-state index contributed by atoms with van der Waals surface area (Å²) in [6, 6.07) is 2.13. The minimum Gasteiger partial charge on any atom is -0.375 e. The van der Waals surface area contributed by atoms with E-state index in [4.69, 9.17) is 9.72 Å². The van der Waals surface area contributed by atoms with Crippen LogP contribution < -0.4 is 0 Å². The number of aromatic nitrogens is 3. The van der Waals surface area contributed by atoms with Crippen LogP contribution in [0.2, 0.25) is 0 Å². The summed E-state index contributed by atoms with van der Waals surface area (Å²) in [4.78, 5) is 19.8. The summed E-state index contributed by atoms with van der Waals surface area (Å²) in [6.45, 7) is 12.2. The molecule has 1 atom stereocenters. The molecule has 0 saturated carbocycles. The van der Waals surface area contributed by atoms with Gasteiger partial charge in [0.2, 0.25) is 0 Å². The molecule has 2 aromatic rings. The van der Waals surface area contributed by atoms with Crippen molar-refractivity contribution >= 4 is 16.9 Å². The molecule has 0 aromatic carbocycles. The number of amides is 1. The second-order valence-corrected chi connectivity index (χ2v) is 7.10. The first-order valence-corrected chi connectivity index (χ1v) is 8.67. The predicted molar refractivity (Wildman–Crippen MR) is 93.3 cm³/mol. The number of fused-ring (bicyclic) bond motifs is 1. The summed E-state index contributed by atoms with van der Waals surface area (Å²) in [5.74, 6) is 0.294. The van der Waals surface area contributed by atoms with Crippen molar-refractivity contribution in [3.8, 4) is 0 Å². The van der Waals surface area contributed by atoms with E-state index in [0.29, 0.717) is 25.3 Å². The number of hydrogen-bond acceptors (Lipinski definition) is 4. The highest BCUT2D eigenvalue weighted by Crippen LogP contribution is 2.25. The minimum atomic E-state index is 0.0442. The number of hydrogen-bond donors (Lipinski definition) is 0. The molecule has 130 valence electrons. The van der Waals surface area contributed by atoms with Crippen LogP contribution in [0.4, 0.5) is 0 Å². The summed E-state index contributed by atoms with van der Waals surface area (Å²) in [6.07, 6.45) is 1.84. The standard InChI is InChI=1S/C18H26N4O2/c1-11(2)16-8-14(18(23)21-6-7-24-13(5)10-21)15-9-19-22(12(3)4)17(15)20-16/h8-9,11-13H,6-7,10H2,1-5H3/t13-/m0/s1. The van der Waals surface area contributed by atoms with Gasteiger partial charge in [-0.15, -0.1) is 0 Å². The van der Waals surface area contributed by atoms with Gasteiger partial charge >= 0.3 is 0 Å². The molecular formula is C18H26N4O2. The Bertz CT molecular complexity index is 751. The Morgan fingerprint density at radius 2 is 2.08 bits per heavy atom. The molecular weight excluding hydrogens is 304 g/mol. The van der Waals surface area contributed by atoms with E-state index < -0.39 is 0 Å². The van der Waals surface area contributed by atoms with Crippen LogP contribution in [-0.2, 0) is 4.74 Å². The molecule has 0 N–H and O–H groups in total. The molecule has 24 heavy (non-hydrogen) atoms. The van der Waals surface area contributed by atoms with Gasteiger partial charge in [-0.2, -0.15) is 5.10 Å². The maximum atomic E-state index is 13.1. The fraction of sp³-hybridized carbons (Fsp3) is 0.611. The van der Waals surface area contributed by atoms with Crippen molar-refractivity contribution in [3.63, 3.8) is 0 Å². The topological polar surface area (TPSA) is 60.3 Å². The lowest BCUT2D eigenvalue weighted by molar-refractivity contribution is -0.0123. The van der Waals surface area contributed by atoms with Gasteiger partial charge in [0.25, 0.3) is 5.91 Å². The Labute approximate surface area is 142 Å². The molecule has 1 aliphatic rings. The van der Waals surface area contributed by atoms with Crippen molar-refractivity contribution in [2.24, 2.45) is 0 Å². The highest BCUT2D eigenvalue weighted by Gasteiger charge is 2.26. The van der Waals surface area contributed by atoms with Crippen LogP contribution in [0, 0.1) is 0 Å². The molecule has 3 heterocycles. The summed E-state index contributed by atoms with van der Waals surface area (Å²) in [5, 5.41) is 5.29. The lowest BCUT2D eigenvalue weighted by atomic mass is 10.0. The summed E-state index contributed by atoms with van der Waals surface area (Å²) < 4.78 is 7.45. The second kappa shape index (κ2) is 6.51. The average Bonchev–Trinajstić information content (AvgIpc) is 2.97. The maximum absolute atomic E-state index is 13.1. The lowest BCUT2D eigenvalue weighted by Gasteiger charge is -2.31. The highest BCUT2D eigenvalue weighted by atomic mass is 16.5. The number of ether oxygens (including phenoxy) is 1. The molecule has 1 aliphatic heterocycles. The third-order valence-corrected chi connectivity index (χ3v) is 4.43. The molecule has 6 nitrogen and oxygen atoms in total. The molecule has 0 spiro atoms. The first-order chi connectivity index (χ1) is 11.4. The van der Waals surface area contributed by atoms with Gasteiger partial charge < -0.3 is 9.64 Å². The van der Waals surface area contributed by atoms with E-state index in [9.17, 15) is 4.79 Å². The van der Waals surface area contributed by atoms with Gasteiger partial charge in [0.15, 0.2) is 5.65 Å². The van der Waals surface area contributed by atoms with Gasteiger partial charge in [-0.3, -0.25) is 4.79 Å². The van der Waals surface area contributed by atoms with Gasteiger partial charge in [-0.25, -0.2) is 9.67 Å². The van der Waals surface area contributed by atoms with Crippen LogP contribution in [0.15, 0.2) is 12.3 Å². The van der Waals surface area contributed by atoms with Crippen LogP contribution >= 0.6 is 0 Å². The van der Waals surface area contributed by atoms with E-state index in [1.54, 1.807) is 6.20 Å². The molecule has 0 unspecified atom stereocenters. The molecule has 1 amide bonds. The summed E-state index contributed by atoms with van der Waals surface area (Å²) in [7, 11) is 0. The Hall–Kier alpha value is -1.95. The quantitative estimate of drug-likeness (QED) is 0.868. The van der Waals surface area contributed by atoms with E-state index in [1.807, 2.05) is 22.6 Å². The van der Waals surface area contributed by atoms with E-state index in [0.717, 1.165) is 16.7 Å². The molecule has 0 aliphatic carbocycles. The fourth-order valence-electron chi connectivity index (χ4n) is 3.06. The fourth-order valence-corrected chi connectivity index (χ4v) is 3.06. The molecule has 0 bridgehead atoms. The molecule has 1 fully saturated rings. The maximum Gasteiger partial charge on any atom is 0.254 e. The first-order valence-electron chi connectivity index (χ1n) is 8.67. The van der Waals surface area contributed by atoms with E-state index >= 15 is 0 Å². The third-order valence-electron chi connectivity index (χ3n) is 4.43. The van der Waals surface area contributed by atoms with Crippen LogP contribution in [0.25, 0.3) is 11.0 Å². The third kappa shape index (κ3) is 3.02. The number of pyridine rings is 1. The van der Waals surface area contributed by atoms with Gasteiger partial charge in [0.05, 0.1) is 29.9 Å². The zero-order chi connectivity index (χ0) is 17.4. The van der Waals surface area contributed by atoms with Crippen LogP contribution in [0.5, 0.6) is 0 Å². The molecule has 2 aromatic heterocycles. The Morgan fingerprint density at radius 3 is 2.71 bits per heavy atom. The van der Waals surface area contributed by atoms with Crippen molar-refractivity contribution in [2.45, 2.75) is 52.7 Å². The SMILES string of the molecule is CC(C)c1cc(C(=O)N2CCO[C@@H](C)C2)c2cnn(C(C)C)c2n1. The normalized spacial score (nSPS) is 18.8. The van der Waals surface area contributed by atoms with Gasteiger partial charge in [-0.05, 0) is 32.8 Å². The molecule has 6 heteroatoms. The van der Waals surface area contributed by atoms with Gasteiger partial charge in [-0.1, -0.05) is 13.8 Å². The van der Waals surface area contributed by atoms with Crippen molar-refractivity contribution < 1.29 is 9.53 Å². The molecule has 3 rings (SSSR count). The number of morpholine rings is 1. The van der Waals surface area contributed by atoms with E-state index in [1.165, 1.54) is 0 Å². The van der Waals surface area contributed by atoms with Crippen molar-refractivity contribution in [1.82, 2.24) is 19.7 Å². The Morgan fingerprint density at radius 1 is 1.33 bits per heavy atom. The number of nitrogens with zero attached hydrogens (tertiary/aromatic N) is 4. The van der Waals surface area contributed by atoms with Crippen molar-refractivity contribution in [1.29, 1.82) is 0 Å². The first kappa shape index (κ1) is 16.9. The minimum absolute atomic E-state index is 0.0442.